The van der Waals surface area contributed by atoms with Gasteiger partial charge in [0.1, 0.15) is 0 Å². The Hall–Kier alpha value is -4.53. The number of nitrogens with one attached hydrogen (secondary N) is 1. The summed E-state index contributed by atoms with van der Waals surface area (Å²) in [6.45, 7) is 7.75. The topological polar surface area (TPSA) is 112 Å². The van der Waals surface area contributed by atoms with E-state index in [-0.39, 0.29) is 5.71 Å². The Kier molecular flexibility index (Phi) is 14.1. The molecular formula is C24H30N6. The summed E-state index contributed by atoms with van der Waals surface area (Å²) in [6, 6.07) is 5.62. The number of nitrogen functional groups attached to an aromatic ring is 1. The van der Waals surface area contributed by atoms with Crippen LogP contribution < -0.4 is 5.73 Å². The van der Waals surface area contributed by atoms with Crippen molar-refractivity contribution in [3.05, 3.63) is 40.5 Å². The maximum absolute atomic E-state index is 6.86. The van der Waals surface area contributed by atoms with Gasteiger partial charge in [-0.15, -0.1) is 5.53 Å². The van der Waals surface area contributed by atoms with E-state index in [1.165, 1.54) is 0 Å². The average Bonchev–Trinajstić information content (AvgIpc) is 2.75. The SMILES string of the molecule is CC#CC#CC#CC#CC#CC.CCC(C)c1cnc2ccc(N)cc2n1.[HH].[HH].[HH].[HH].[N-]=[N+]=N. The Morgan fingerprint density at radius 2 is 1.53 bits per heavy atom. The lowest BCUT2D eigenvalue weighted by Crippen LogP contribution is -1.98. The van der Waals surface area contributed by atoms with Crippen LogP contribution in [0.5, 0.6) is 0 Å². The molecule has 1 atom stereocenters. The fourth-order valence-corrected chi connectivity index (χ4v) is 1.80. The minimum absolute atomic E-state index is 0. The van der Waals surface area contributed by atoms with Crippen molar-refractivity contribution in [3.8, 4) is 59.2 Å². The summed E-state index contributed by atoms with van der Waals surface area (Å²) in [5, 5.41) is 0. The zero-order valence-corrected chi connectivity index (χ0v) is 17.5. The predicted octanol–water partition coefficient (Wildman–Crippen LogP) is 5.63. The van der Waals surface area contributed by atoms with Gasteiger partial charge in [-0.3, -0.25) is 4.98 Å². The van der Waals surface area contributed by atoms with Gasteiger partial charge in [0.05, 0.1) is 16.7 Å². The largest absolute Gasteiger partial charge is 0.399 e. The summed E-state index contributed by atoms with van der Waals surface area (Å²) in [5.74, 6) is 26.0. The molecule has 1 unspecified atom stereocenters. The van der Waals surface area contributed by atoms with E-state index in [0.29, 0.717) is 5.92 Å². The Bertz CT molecular complexity index is 1160. The smallest absolute Gasteiger partial charge is 0.0910 e. The fourth-order valence-electron chi connectivity index (χ4n) is 1.80. The molecule has 0 aliphatic rings. The zero-order chi connectivity index (χ0) is 22.6. The maximum Gasteiger partial charge on any atom is 0.0910 e. The second-order valence-corrected chi connectivity index (χ2v) is 5.45. The van der Waals surface area contributed by atoms with Crippen LogP contribution in [0.15, 0.2) is 24.4 Å². The van der Waals surface area contributed by atoms with Crippen molar-refractivity contribution in [2.45, 2.75) is 40.0 Å². The quantitative estimate of drug-likeness (QED) is 0.223. The van der Waals surface area contributed by atoms with E-state index in [1.807, 2.05) is 24.4 Å². The minimum atomic E-state index is 0. The van der Waals surface area contributed by atoms with Gasteiger partial charge in [-0.25, -0.2) is 4.98 Å². The standard InChI is InChI=1S/C12H15N3.C12H6.HN3.4H2/c1-3-8(2)12-7-14-10-5-4-9(13)6-11(10)15-12;1-3-5-7-9-11-12-10-8-6-4-2;1-3-2;;;;/h4-8H,3,13H2,1-2H3;1-2H3;1H;4*1H. The van der Waals surface area contributed by atoms with E-state index in [9.17, 15) is 0 Å². The monoisotopic (exact) mass is 402 g/mol. The second kappa shape index (κ2) is 16.6. The molecule has 6 nitrogen and oxygen atoms in total. The minimum Gasteiger partial charge on any atom is -0.399 e. The van der Waals surface area contributed by atoms with Gasteiger partial charge in [-0.1, -0.05) is 25.7 Å². The van der Waals surface area contributed by atoms with E-state index in [2.05, 4.69) is 83.0 Å². The van der Waals surface area contributed by atoms with Crippen molar-refractivity contribution >= 4 is 16.7 Å². The van der Waals surface area contributed by atoms with Gasteiger partial charge >= 0.3 is 0 Å². The van der Waals surface area contributed by atoms with Crippen molar-refractivity contribution in [1.82, 2.24) is 9.97 Å². The van der Waals surface area contributed by atoms with Gasteiger partial charge in [0, 0.05) is 17.6 Å². The zero-order valence-electron chi connectivity index (χ0n) is 17.5. The van der Waals surface area contributed by atoms with Crippen molar-refractivity contribution in [2.24, 2.45) is 0 Å². The highest BCUT2D eigenvalue weighted by Gasteiger charge is 2.06. The highest BCUT2D eigenvalue weighted by molar-refractivity contribution is 5.77. The van der Waals surface area contributed by atoms with Gasteiger partial charge in [0.25, 0.3) is 0 Å². The first kappa shape index (κ1) is 25.5. The van der Waals surface area contributed by atoms with Gasteiger partial charge < -0.3 is 5.73 Å². The van der Waals surface area contributed by atoms with Crippen LogP contribution in [-0.2, 0) is 0 Å². The molecule has 0 saturated heterocycles. The molecule has 30 heavy (non-hydrogen) atoms. The number of hydrogen-bond acceptors (Lipinski definition) is 4. The fraction of sp³-hybridized carbons (Fsp3) is 0.250. The number of hydrogen-bond donors (Lipinski definition) is 2. The van der Waals surface area contributed by atoms with Crippen LogP contribution >= 0.6 is 0 Å². The number of anilines is 1. The molecule has 1 aromatic carbocycles. The molecule has 0 aliphatic heterocycles. The van der Waals surface area contributed by atoms with E-state index in [4.69, 9.17) is 16.8 Å². The highest BCUT2D eigenvalue weighted by Crippen LogP contribution is 2.19. The van der Waals surface area contributed by atoms with E-state index in [1.54, 1.807) is 18.8 Å². The molecule has 0 bridgehead atoms. The molecule has 3 N–H and O–H groups in total. The molecule has 2 aromatic rings. The van der Waals surface area contributed by atoms with Crippen LogP contribution in [0.1, 0.15) is 51.4 Å². The third kappa shape index (κ3) is 11.2. The molecule has 1 heterocycles. The highest BCUT2D eigenvalue weighted by atomic mass is 15.0. The van der Waals surface area contributed by atoms with Crippen LogP contribution in [-0.4, -0.2) is 9.97 Å². The van der Waals surface area contributed by atoms with Crippen molar-refractivity contribution in [1.29, 1.82) is 5.53 Å². The first-order valence-corrected chi connectivity index (χ1v) is 8.90. The summed E-state index contributed by atoms with van der Waals surface area (Å²) in [7, 11) is 0. The van der Waals surface area contributed by atoms with Crippen LogP contribution in [0.25, 0.3) is 21.5 Å². The number of aromatic nitrogens is 2. The Balaban J connectivity index is -0.000000136. The van der Waals surface area contributed by atoms with Gasteiger partial charge in [0.15, 0.2) is 0 Å². The van der Waals surface area contributed by atoms with Crippen molar-refractivity contribution in [2.75, 3.05) is 5.73 Å². The normalized spacial score (nSPS) is 8.27. The van der Waals surface area contributed by atoms with E-state index in [0.717, 1.165) is 28.8 Å². The number of rotatable bonds is 2. The molecule has 0 aliphatic carbocycles. The predicted molar refractivity (Wildman–Crippen MR) is 131 cm³/mol. The first-order valence-electron chi connectivity index (χ1n) is 8.90. The summed E-state index contributed by atoms with van der Waals surface area (Å²) >= 11 is 0. The summed E-state index contributed by atoms with van der Waals surface area (Å²) in [6.07, 6.45) is 2.93. The summed E-state index contributed by atoms with van der Waals surface area (Å²) in [4.78, 5) is 10.7. The average molecular weight is 403 g/mol. The molecule has 0 saturated carbocycles. The molecule has 2 rings (SSSR count). The van der Waals surface area contributed by atoms with Gasteiger partial charge in [0.2, 0.25) is 0 Å². The first-order chi connectivity index (χ1) is 14.5. The Morgan fingerprint density at radius 1 is 1.03 bits per heavy atom. The number of fused-ring (bicyclic) bond motifs is 1. The molecule has 1 aromatic heterocycles. The lowest BCUT2D eigenvalue weighted by Gasteiger charge is -2.08. The Morgan fingerprint density at radius 3 is 2.00 bits per heavy atom. The third-order valence-corrected chi connectivity index (χ3v) is 3.39. The van der Waals surface area contributed by atoms with Crippen LogP contribution in [0.4, 0.5) is 5.69 Å². The Labute approximate surface area is 184 Å². The van der Waals surface area contributed by atoms with Crippen LogP contribution in [0, 0.1) is 64.7 Å². The van der Waals surface area contributed by atoms with E-state index < -0.39 is 0 Å². The van der Waals surface area contributed by atoms with E-state index >= 15 is 0 Å². The van der Waals surface area contributed by atoms with Crippen molar-refractivity contribution < 1.29 is 5.71 Å². The molecule has 0 fully saturated rings. The maximum atomic E-state index is 6.86. The number of nitrogens with zero attached hydrogens (tertiary/aromatic N) is 4. The van der Waals surface area contributed by atoms with Gasteiger partial charge in [-0.05, 0) is 102 Å². The molecule has 156 valence electrons. The van der Waals surface area contributed by atoms with Gasteiger partial charge in [-0.2, -0.15) is 0 Å². The molecule has 0 radical (unpaired) electrons. The molecule has 6 heteroatoms. The number of benzene rings is 1. The lowest BCUT2D eigenvalue weighted by atomic mass is 10.1. The molecular weight excluding hydrogens is 372 g/mol. The van der Waals surface area contributed by atoms with Crippen molar-refractivity contribution in [3.63, 3.8) is 0 Å². The molecule has 0 amide bonds. The summed E-state index contributed by atoms with van der Waals surface area (Å²) in [5.41, 5.74) is 21.5. The molecule has 0 spiro atoms. The van der Waals surface area contributed by atoms with Crippen LogP contribution in [0.3, 0.4) is 0 Å². The number of nitrogens with two attached hydrogens (primary N) is 1. The summed E-state index contributed by atoms with van der Waals surface area (Å²) < 4.78 is 0. The van der Waals surface area contributed by atoms with Crippen LogP contribution in [0.2, 0.25) is 0 Å². The lowest BCUT2D eigenvalue weighted by molar-refractivity contribution is 0.708. The third-order valence-electron chi connectivity index (χ3n) is 3.39. The second-order valence-electron chi connectivity index (χ2n) is 5.45.